The van der Waals surface area contributed by atoms with Gasteiger partial charge >= 0.3 is 0 Å². The highest BCUT2D eigenvalue weighted by molar-refractivity contribution is 5.73. The van der Waals surface area contributed by atoms with E-state index in [0.717, 1.165) is 51.9 Å². The zero-order chi connectivity index (χ0) is 16.1. The Balaban J connectivity index is 1.65. The summed E-state index contributed by atoms with van der Waals surface area (Å²) in [6.07, 6.45) is 3.10. The smallest absolute Gasteiger partial charge is 0.219 e. The summed E-state index contributed by atoms with van der Waals surface area (Å²) < 4.78 is 19.8. The molecule has 22 heavy (non-hydrogen) atoms. The lowest BCUT2D eigenvalue weighted by Crippen LogP contribution is -2.47. The maximum Gasteiger partial charge on any atom is 0.219 e. The Morgan fingerprint density at radius 2 is 1.91 bits per heavy atom. The molecule has 0 bridgehead atoms. The lowest BCUT2D eigenvalue weighted by Gasteiger charge is -2.37. The van der Waals surface area contributed by atoms with Crippen LogP contribution in [0.5, 0.6) is 0 Å². The van der Waals surface area contributed by atoms with Crippen LogP contribution in [0.15, 0.2) is 0 Å². The van der Waals surface area contributed by atoms with Crippen molar-refractivity contribution in [2.24, 2.45) is 5.92 Å². The third-order valence-corrected chi connectivity index (χ3v) is 4.93. The van der Waals surface area contributed by atoms with Crippen molar-refractivity contribution in [3.05, 3.63) is 0 Å². The molecule has 128 valence electrons. The van der Waals surface area contributed by atoms with Gasteiger partial charge in [0.2, 0.25) is 5.91 Å². The lowest BCUT2D eigenvalue weighted by molar-refractivity contribution is -0.130. The van der Waals surface area contributed by atoms with E-state index in [-0.39, 0.29) is 18.1 Å². The Bertz CT molecular complexity index is 357. The van der Waals surface area contributed by atoms with E-state index >= 15 is 0 Å². The average Bonchev–Trinajstić information content (AvgIpc) is 2.47. The first-order chi connectivity index (χ1) is 10.5. The number of hydrogen-bond acceptors (Lipinski definition) is 3. The molecular formula is C17H31FN2O2. The van der Waals surface area contributed by atoms with E-state index in [1.807, 2.05) is 18.7 Å². The number of amides is 1. The molecule has 0 saturated carbocycles. The molecule has 2 saturated heterocycles. The number of carbonyl (C=O) groups excluding carboxylic acids is 1. The third kappa shape index (κ3) is 5.20. The molecule has 0 N–H and O–H groups in total. The van der Waals surface area contributed by atoms with Gasteiger partial charge in [-0.1, -0.05) is 0 Å². The van der Waals surface area contributed by atoms with Crippen LogP contribution in [0, 0.1) is 5.92 Å². The summed E-state index contributed by atoms with van der Waals surface area (Å²) >= 11 is 0. The van der Waals surface area contributed by atoms with Gasteiger partial charge in [0.15, 0.2) is 0 Å². The van der Waals surface area contributed by atoms with Crippen LogP contribution >= 0.6 is 0 Å². The monoisotopic (exact) mass is 314 g/mol. The summed E-state index contributed by atoms with van der Waals surface area (Å²) in [6.45, 7) is 9.75. The molecule has 5 heteroatoms. The first-order valence-electron chi connectivity index (χ1n) is 8.73. The Hall–Kier alpha value is -0.680. The first-order valence-corrected chi connectivity index (χ1v) is 8.73. The summed E-state index contributed by atoms with van der Waals surface area (Å²) in [5.74, 6) is 0.865. The second-order valence-corrected chi connectivity index (χ2v) is 7.07. The van der Waals surface area contributed by atoms with E-state index in [9.17, 15) is 9.18 Å². The van der Waals surface area contributed by atoms with Crippen molar-refractivity contribution in [2.45, 2.75) is 64.8 Å². The molecule has 0 spiro atoms. The van der Waals surface area contributed by atoms with Gasteiger partial charge in [-0.2, -0.15) is 0 Å². The molecule has 0 aromatic carbocycles. The van der Waals surface area contributed by atoms with E-state index in [2.05, 4.69) is 4.90 Å². The molecule has 0 radical (unpaired) electrons. The van der Waals surface area contributed by atoms with Crippen molar-refractivity contribution in [1.82, 2.24) is 9.80 Å². The fraction of sp³-hybridized carbons (Fsp3) is 0.941. The van der Waals surface area contributed by atoms with E-state index in [4.69, 9.17) is 4.74 Å². The van der Waals surface area contributed by atoms with Gasteiger partial charge in [0.05, 0.1) is 12.2 Å². The minimum Gasteiger partial charge on any atom is -0.372 e. The molecule has 0 aliphatic carbocycles. The van der Waals surface area contributed by atoms with Crippen molar-refractivity contribution < 1.29 is 13.9 Å². The third-order valence-electron chi connectivity index (χ3n) is 4.93. The average molecular weight is 314 g/mol. The number of nitrogens with zero attached hydrogens (tertiary/aromatic N) is 2. The number of carbonyl (C=O) groups is 1. The van der Waals surface area contributed by atoms with Crippen LogP contribution in [0.2, 0.25) is 0 Å². The van der Waals surface area contributed by atoms with E-state index in [1.54, 1.807) is 6.92 Å². The fourth-order valence-electron chi connectivity index (χ4n) is 3.55. The Labute approximate surface area is 134 Å². The number of alkyl halides is 1. The second-order valence-electron chi connectivity index (χ2n) is 7.07. The van der Waals surface area contributed by atoms with Gasteiger partial charge in [0.25, 0.3) is 0 Å². The zero-order valence-corrected chi connectivity index (χ0v) is 14.3. The molecule has 2 aliphatic heterocycles. The van der Waals surface area contributed by atoms with E-state index in [0.29, 0.717) is 12.5 Å². The zero-order valence-electron chi connectivity index (χ0n) is 14.3. The van der Waals surface area contributed by atoms with Gasteiger partial charge in [-0.3, -0.25) is 4.79 Å². The topological polar surface area (TPSA) is 32.8 Å². The highest BCUT2D eigenvalue weighted by Gasteiger charge is 2.31. The van der Waals surface area contributed by atoms with Gasteiger partial charge in [-0.15, -0.1) is 0 Å². The molecule has 0 aromatic heterocycles. The molecule has 1 amide bonds. The second kappa shape index (κ2) is 8.25. The van der Waals surface area contributed by atoms with Crippen molar-refractivity contribution in [3.63, 3.8) is 0 Å². The number of rotatable bonds is 5. The van der Waals surface area contributed by atoms with Crippen molar-refractivity contribution in [1.29, 1.82) is 0 Å². The summed E-state index contributed by atoms with van der Waals surface area (Å²) in [6, 6.07) is 0. The van der Waals surface area contributed by atoms with E-state index in [1.165, 1.54) is 0 Å². The molecule has 2 rings (SSSR count). The highest BCUT2D eigenvalue weighted by atomic mass is 19.1. The van der Waals surface area contributed by atoms with Gasteiger partial charge < -0.3 is 14.5 Å². The Morgan fingerprint density at radius 3 is 2.45 bits per heavy atom. The highest BCUT2D eigenvalue weighted by Crippen LogP contribution is 2.23. The number of ether oxygens (including phenoxy) is 1. The molecule has 2 aliphatic rings. The number of hydrogen-bond donors (Lipinski definition) is 0. The quantitative estimate of drug-likeness (QED) is 0.781. The minimum atomic E-state index is -0.865. The standard InChI is InChI=1S/C17H31FN2O2/c1-13(2)22-17-7-9-19(12-16(17)18)8-4-15-5-10-20(11-6-15)14(3)21/h13,15-17H,4-12H2,1-3H3. The molecule has 2 unspecified atom stereocenters. The van der Waals surface area contributed by atoms with Crippen LogP contribution in [-0.2, 0) is 9.53 Å². The predicted octanol–water partition coefficient (Wildman–Crippen LogP) is 2.47. The van der Waals surface area contributed by atoms with Crippen LogP contribution in [0.25, 0.3) is 0 Å². The van der Waals surface area contributed by atoms with Crippen molar-refractivity contribution in [2.75, 3.05) is 32.7 Å². The van der Waals surface area contributed by atoms with Crippen molar-refractivity contribution >= 4 is 5.91 Å². The maximum atomic E-state index is 14.2. The van der Waals surface area contributed by atoms with Gasteiger partial charge in [-0.05, 0) is 52.0 Å². The summed E-state index contributed by atoms with van der Waals surface area (Å²) in [4.78, 5) is 15.5. The van der Waals surface area contributed by atoms with Gasteiger partial charge in [0, 0.05) is 33.1 Å². The normalized spacial score (nSPS) is 28.3. The van der Waals surface area contributed by atoms with Crippen molar-refractivity contribution in [3.8, 4) is 0 Å². The number of halogens is 1. The SMILES string of the molecule is CC(=O)N1CCC(CCN2CCC(OC(C)C)C(F)C2)CC1. The molecule has 2 heterocycles. The van der Waals surface area contributed by atoms with Gasteiger partial charge in [-0.25, -0.2) is 4.39 Å². The van der Waals surface area contributed by atoms with Crippen LogP contribution in [0.1, 0.15) is 46.5 Å². The minimum absolute atomic E-state index is 0.0984. The maximum absolute atomic E-state index is 14.2. The van der Waals surface area contributed by atoms with Gasteiger partial charge in [0.1, 0.15) is 6.17 Å². The van der Waals surface area contributed by atoms with Crippen LogP contribution in [0.4, 0.5) is 4.39 Å². The molecule has 0 aromatic rings. The van der Waals surface area contributed by atoms with Crippen LogP contribution in [-0.4, -0.2) is 66.8 Å². The fourth-order valence-corrected chi connectivity index (χ4v) is 3.55. The molecule has 4 nitrogen and oxygen atoms in total. The summed E-state index contributed by atoms with van der Waals surface area (Å²) in [7, 11) is 0. The lowest BCUT2D eigenvalue weighted by atomic mass is 9.93. The van der Waals surface area contributed by atoms with E-state index < -0.39 is 6.17 Å². The molecule has 2 fully saturated rings. The number of likely N-dealkylation sites (tertiary alicyclic amines) is 2. The van der Waals surface area contributed by atoms with Crippen LogP contribution < -0.4 is 0 Å². The summed E-state index contributed by atoms with van der Waals surface area (Å²) in [5, 5.41) is 0. The van der Waals surface area contributed by atoms with Crippen LogP contribution in [0.3, 0.4) is 0 Å². The molecular weight excluding hydrogens is 283 g/mol. The summed E-state index contributed by atoms with van der Waals surface area (Å²) in [5.41, 5.74) is 0. The first kappa shape index (κ1) is 17.7. The molecule has 2 atom stereocenters. The Kier molecular flexibility index (Phi) is 6.63. The largest absolute Gasteiger partial charge is 0.372 e. The predicted molar refractivity (Wildman–Crippen MR) is 85.6 cm³/mol. The Morgan fingerprint density at radius 1 is 1.23 bits per heavy atom. The number of piperidine rings is 2.